The Kier molecular flexibility index (Phi) is 6.77. The first-order valence-corrected chi connectivity index (χ1v) is 11.8. The van der Waals surface area contributed by atoms with Gasteiger partial charge in [0.25, 0.3) is 0 Å². The van der Waals surface area contributed by atoms with Crippen molar-refractivity contribution in [1.82, 2.24) is 0 Å². The maximum Gasteiger partial charge on any atom is 0.391 e. The Bertz CT molecular complexity index is 549. The molecule has 0 aromatic heterocycles. The molecule has 0 rings (SSSR count). The van der Waals surface area contributed by atoms with E-state index in [1.54, 1.807) is 19.6 Å². The zero-order valence-corrected chi connectivity index (χ0v) is 15.8. The fourth-order valence-electron chi connectivity index (χ4n) is 1.09. The standard InChI is InChI=1S/C11H22O7S2Si/c1-10(2,16-19(12)13)8-9-11(3,4)17-20(14,15)18-21(5,6)7/h1-7H3,(H,12,13)/p-1. The van der Waals surface area contributed by atoms with Crippen LogP contribution in [0.4, 0.5) is 0 Å². The monoisotopic (exact) mass is 357 g/mol. The van der Waals surface area contributed by atoms with Gasteiger partial charge in [0.2, 0.25) is 8.32 Å². The molecule has 0 heterocycles. The van der Waals surface area contributed by atoms with Gasteiger partial charge in [-0.15, -0.1) is 0 Å². The average molecular weight is 358 g/mol. The predicted molar refractivity (Wildman–Crippen MR) is 80.4 cm³/mol. The second-order valence-electron chi connectivity index (χ2n) is 6.25. The van der Waals surface area contributed by atoms with Crippen molar-refractivity contribution in [2.24, 2.45) is 0 Å². The molecular weight excluding hydrogens is 336 g/mol. The number of hydrogen-bond acceptors (Lipinski definition) is 7. The summed E-state index contributed by atoms with van der Waals surface area (Å²) >= 11 is -2.73. The van der Waals surface area contributed by atoms with Crippen molar-refractivity contribution >= 4 is 30.1 Å². The van der Waals surface area contributed by atoms with Crippen molar-refractivity contribution in [1.29, 1.82) is 0 Å². The van der Waals surface area contributed by atoms with Crippen molar-refractivity contribution in [3.63, 3.8) is 0 Å². The quantitative estimate of drug-likeness (QED) is 0.403. The zero-order chi connectivity index (χ0) is 17.1. The summed E-state index contributed by atoms with van der Waals surface area (Å²) < 4.78 is 58.9. The lowest BCUT2D eigenvalue weighted by Gasteiger charge is -2.23. The van der Waals surface area contributed by atoms with E-state index in [2.05, 4.69) is 16.0 Å². The molecule has 0 aliphatic rings. The molecule has 0 saturated heterocycles. The van der Waals surface area contributed by atoms with Gasteiger partial charge in [0.05, 0.1) is 11.4 Å². The van der Waals surface area contributed by atoms with Gasteiger partial charge in [-0.25, -0.2) is 8.39 Å². The first-order chi connectivity index (χ1) is 9.04. The van der Waals surface area contributed by atoms with Gasteiger partial charge >= 0.3 is 10.4 Å². The molecule has 7 nitrogen and oxygen atoms in total. The van der Waals surface area contributed by atoms with Crippen molar-refractivity contribution in [3.05, 3.63) is 0 Å². The summed E-state index contributed by atoms with van der Waals surface area (Å²) in [6, 6.07) is 0. The van der Waals surface area contributed by atoms with Crippen LogP contribution in [-0.4, -0.2) is 36.7 Å². The number of rotatable bonds is 6. The van der Waals surface area contributed by atoms with E-state index in [0.29, 0.717) is 0 Å². The van der Waals surface area contributed by atoms with E-state index in [1.807, 2.05) is 0 Å². The molecule has 0 saturated carbocycles. The van der Waals surface area contributed by atoms with Gasteiger partial charge in [0.1, 0.15) is 11.2 Å². The molecule has 0 aromatic carbocycles. The van der Waals surface area contributed by atoms with E-state index < -0.39 is 41.3 Å². The van der Waals surface area contributed by atoms with Gasteiger partial charge in [-0.2, -0.15) is 8.42 Å². The molecular formula is C11H21O7S2Si-. The third-order valence-corrected chi connectivity index (χ3v) is 5.59. The molecule has 10 heteroatoms. The van der Waals surface area contributed by atoms with Gasteiger partial charge in [0, 0.05) is 0 Å². The van der Waals surface area contributed by atoms with E-state index in [4.69, 9.17) is 8.06 Å². The first-order valence-electron chi connectivity index (χ1n) is 6.03. The summed E-state index contributed by atoms with van der Waals surface area (Å²) in [5, 5.41) is 0. The fraction of sp³-hybridized carbons (Fsp3) is 0.818. The van der Waals surface area contributed by atoms with E-state index in [1.165, 1.54) is 27.7 Å². The van der Waals surface area contributed by atoms with Crippen molar-refractivity contribution < 1.29 is 29.4 Å². The molecule has 0 aliphatic carbocycles. The SMILES string of the molecule is CC(C)(C#CC(C)(C)OS(=O)(=O)O[Si](C)(C)C)OS(=O)[O-]. The smallest absolute Gasteiger partial charge is 0.391 e. The lowest BCUT2D eigenvalue weighted by atomic mass is 10.1. The molecule has 1 atom stereocenters. The van der Waals surface area contributed by atoms with Crippen LogP contribution < -0.4 is 0 Å². The molecule has 0 fully saturated rings. The average Bonchev–Trinajstić information content (AvgIpc) is 2.06. The number of hydrogen-bond donors (Lipinski definition) is 0. The van der Waals surface area contributed by atoms with Crippen molar-refractivity contribution in [2.45, 2.75) is 58.5 Å². The Labute approximate surface area is 130 Å². The minimum atomic E-state index is -4.19. The summed E-state index contributed by atoms with van der Waals surface area (Å²) in [7, 11) is -6.53. The summed E-state index contributed by atoms with van der Waals surface area (Å²) in [5.41, 5.74) is -2.68. The summed E-state index contributed by atoms with van der Waals surface area (Å²) in [6.07, 6.45) is 0. The predicted octanol–water partition coefficient (Wildman–Crippen LogP) is 1.47. The van der Waals surface area contributed by atoms with Gasteiger partial charge in [-0.05, 0) is 47.3 Å². The summed E-state index contributed by atoms with van der Waals surface area (Å²) in [4.78, 5) is 0. The van der Waals surface area contributed by atoms with Gasteiger partial charge in [0.15, 0.2) is 0 Å². The highest BCUT2D eigenvalue weighted by Crippen LogP contribution is 2.18. The van der Waals surface area contributed by atoms with Crippen LogP contribution >= 0.6 is 0 Å². The van der Waals surface area contributed by atoms with Crippen LogP contribution in [0.2, 0.25) is 19.6 Å². The van der Waals surface area contributed by atoms with Crippen LogP contribution in [-0.2, 0) is 34.0 Å². The van der Waals surface area contributed by atoms with Crippen molar-refractivity contribution in [2.75, 3.05) is 0 Å². The highest BCUT2D eigenvalue weighted by atomic mass is 32.3. The molecule has 0 radical (unpaired) electrons. The first kappa shape index (κ1) is 20.7. The summed E-state index contributed by atoms with van der Waals surface area (Å²) in [6.45, 7) is 10.8. The molecule has 0 spiro atoms. The maximum atomic E-state index is 11.8. The minimum Gasteiger partial charge on any atom is -0.750 e. The Morgan fingerprint density at radius 2 is 1.48 bits per heavy atom. The van der Waals surface area contributed by atoms with E-state index in [0.717, 1.165) is 0 Å². The Morgan fingerprint density at radius 1 is 1.05 bits per heavy atom. The minimum absolute atomic E-state index is 1.30. The summed E-state index contributed by atoms with van der Waals surface area (Å²) in [5.74, 6) is 5.05. The van der Waals surface area contributed by atoms with E-state index in [9.17, 15) is 17.2 Å². The Morgan fingerprint density at radius 3 is 1.86 bits per heavy atom. The van der Waals surface area contributed by atoms with E-state index >= 15 is 0 Å². The third kappa shape index (κ3) is 11.0. The van der Waals surface area contributed by atoms with Gasteiger partial charge in [-0.1, -0.05) is 11.8 Å². The third-order valence-electron chi connectivity index (χ3n) is 1.60. The molecule has 21 heavy (non-hydrogen) atoms. The Hall–Kier alpha value is -0.283. The second kappa shape index (κ2) is 6.87. The van der Waals surface area contributed by atoms with Crippen LogP contribution in [0.15, 0.2) is 0 Å². The lowest BCUT2D eigenvalue weighted by molar-refractivity contribution is 0.151. The topological polar surface area (TPSA) is 102 Å². The molecule has 0 bridgehead atoms. The highest BCUT2D eigenvalue weighted by molar-refractivity contribution is 7.83. The molecule has 0 N–H and O–H groups in total. The molecule has 0 amide bonds. The lowest BCUT2D eigenvalue weighted by Crippen LogP contribution is -2.35. The largest absolute Gasteiger partial charge is 0.750 e. The molecule has 124 valence electrons. The van der Waals surface area contributed by atoms with Gasteiger partial charge in [-0.3, -0.25) is 8.06 Å². The molecule has 0 aromatic rings. The normalized spacial score (nSPS) is 15.2. The van der Waals surface area contributed by atoms with Gasteiger partial charge < -0.3 is 4.55 Å². The van der Waals surface area contributed by atoms with Crippen LogP contribution in [0.3, 0.4) is 0 Å². The van der Waals surface area contributed by atoms with Crippen LogP contribution in [0.1, 0.15) is 27.7 Å². The van der Waals surface area contributed by atoms with Crippen LogP contribution in [0.25, 0.3) is 0 Å². The van der Waals surface area contributed by atoms with Crippen LogP contribution in [0, 0.1) is 11.8 Å². The van der Waals surface area contributed by atoms with Crippen LogP contribution in [0.5, 0.6) is 0 Å². The molecule has 0 aliphatic heterocycles. The zero-order valence-electron chi connectivity index (χ0n) is 13.2. The van der Waals surface area contributed by atoms with Crippen molar-refractivity contribution in [3.8, 4) is 11.8 Å². The Balaban J connectivity index is 5.06. The maximum absolute atomic E-state index is 11.8. The van der Waals surface area contributed by atoms with E-state index in [-0.39, 0.29) is 0 Å². The molecule has 1 unspecified atom stereocenters. The second-order valence-corrected chi connectivity index (χ2v) is 12.7. The highest BCUT2D eigenvalue weighted by Gasteiger charge is 2.31. The fourth-order valence-corrected chi connectivity index (χ4v) is 4.61.